The second kappa shape index (κ2) is 7.33. The van der Waals surface area contributed by atoms with Crippen molar-refractivity contribution in [3.05, 3.63) is 28.8 Å². The minimum absolute atomic E-state index is 0. The number of piperazine rings is 1. The van der Waals surface area contributed by atoms with E-state index in [-0.39, 0.29) is 12.4 Å². The largest absolute Gasteiger partial charge is 0.488 e. The van der Waals surface area contributed by atoms with Crippen LogP contribution in [0.3, 0.4) is 0 Å². The Morgan fingerprint density at radius 1 is 1.28 bits per heavy atom. The van der Waals surface area contributed by atoms with Gasteiger partial charge in [0.15, 0.2) is 0 Å². The normalized spacial score (nSPS) is 16.2. The number of halogens is 2. The predicted octanol–water partition coefficient (Wildman–Crippen LogP) is -0.153. The Morgan fingerprint density at radius 2 is 1.94 bits per heavy atom. The highest BCUT2D eigenvalue weighted by atomic mass is 35.5. The molecule has 0 saturated carbocycles. The van der Waals surface area contributed by atoms with E-state index in [1.807, 2.05) is 6.07 Å². The van der Waals surface area contributed by atoms with Gasteiger partial charge in [0.25, 0.3) is 0 Å². The summed E-state index contributed by atoms with van der Waals surface area (Å²) in [6.07, 6.45) is 0. The van der Waals surface area contributed by atoms with Gasteiger partial charge in [0.2, 0.25) is 0 Å². The van der Waals surface area contributed by atoms with Crippen LogP contribution in [-0.4, -0.2) is 48.2 Å². The van der Waals surface area contributed by atoms with Crippen LogP contribution >= 0.6 is 24.0 Å². The molecule has 1 heterocycles. The van der Waals surface area contributed by atoms with Crippen molar-refractivity contribution in [3.8, 4) is 0 Å². The van der Waals surface area contributed by atoms with Crippen LogP contribution in [0.5, 0.6) is 0 Å². The molecule has 1 aliphatic rings. The fraction of sp³-hybridized carbons (Fsp3) is 0.455. The summed E-state index contributed by atoms with van der Waals surface area (Å²) in [7, 11) is -1.46. The van der Waals surface area contributed by atoms with Gasteiger partial charge in [-0.05, 0) is 17.1 Å². The lowest BCUT2D eigenvalue weighted by Gasteiger charge is -2.27. The molecule has 0 unspecified atom stereocenters. The second-order valence-corrected chi connectivity index (χ2v) is 4.66. The van der Waals surface area contributed by atoms with Gasteiger partial charge in [-0.3, -0.25) is 4.90 Å². The molecule has 18 heavy (non-hydrogen) atoms. The van der Waals surface area contributed by atoms with Crippen LogP contribution in [-0.2, 0) is 6.54 Å². The standard InChI is InChI=1S/C11H16BClN2O2.ClH/c13-11-7-10(12(16)17)2-1-9(11)8-15-5-3-14-4-6-15;/h1-2,7,14,16-17H,3-6,8H2;1H. The predicted molar refractivity (Wildman–Crippen MR) is 76.7 cm³/mol. The summed E-state index contributed by atoms with van der Waals surface area (Å²) < 4.78 is 0. The topological polar surface area (TPSA) is 55.7 Å². The maximum Gasteiger partial charge on any atom is 0.488 e. The molecule has 7 heteroatoms. The van der Waals surface area contributed by atoms with Gasteiger partial charge < -0.3 is 15.4 Å². The SMILES string of the molecule is Cl.OB(O)c1ccc(CN2CCNCC2)c(Cl)c1. The van der Waals surface area contributed by atoms with E-state index in [0.717, 1.165) is 38.3 Å². The van der Waals surface area contributed by atoms with E-state index in [9.17, 15) is 0 Å². The second-order valence-electron chi connectivity index (χ2n) is 4.25. The van der Waals surface area contributed by atoms with E-state index in [0.29, 0.717) is 10.5 Å². The van der Waals surface area contributed by atoms with Crippen LogP contribution < -0.4 is 10.8 Å². The molecule has 3 N–H and O–H groups in total. The number of benzene rings is 1. The average molecular weight is 291 g/mol. The summed E-state index contributed by atoms with van der Waals surface area (Å²) in [6.45, 7) is 4.85. The molecular weight excluding hydrogens is 274 g/mol. The van der Waals surface area contributed by atoms with E-state index in [1.165, 1.54) is 0 Å². The lowest BCUT2D eigenvalue weighted by Crippen LogP contribution is -2.43. The molecule has 0 aliphatic carbocycles. The van der Waals surface area contributed by atoms with Gasteiger partial charge >= 0.3 is 7.12 Å². The van der Waals surface area contributed by atoms with Gasteiger partial charge in [-0.15, -0.1) is 12.4 Å². The van der Waals surface area contributed by atoms with Crippen molar-refractivity contribution < 1.29 is 10.0 Å². The fourth-order valence-electron chi connectivity index (χ4n) is 1.96. The van der Waals surface area contributed by atoms with Gasteiger partial charge in [0.1, 0.15) is 0 Å². The van der Waals surface area contributed by atoms with Gasteiger partial charge in [0, 0.05) is 37.7 Å². The summed E-state index contributed by atoms with van der Waals surface area (Å²) >= 11 is 6.13. The van der Waals surface area contributed by atoms with Crippen molar-refractivity contribution in [1.82, 2.24) is 10.2 Å². The lowest BCUT2D eigenvalue weighted by atomic mass is 9.80. The Morgan fingerprint density at radius 3 is 2.50 bits per heavy atom. The Kier molecular flexibility index (Phi) is 6.42. The monoisotopic (exact) mass is 290 g/mol. The lowest BCUT2D eigenvalue weighted by molar-refractivity contribution is 0.233. The molecule has 1 saturated heterocycles. The van der Waals surface area contributed by atoms with Crippen molar-refractivity contribution in [2.75, 3.05) is 26.2 Å². The molecule has 1 aromatic carbocycles. The summed E-state index contributed by atoms with van der Waals surface area (Å²) in [5.74, 6) is 0. The Hall–Kier alpha value is -0.295. The molecule has 1 aliphatic heterocycles. The Balaban J connectivity index is 0.00000162. The van der Waals surface area contributed by atoms with Crippen molar-refractivity contribution in [3.63, 3.8) is 0 Å². The first-order valence-corrected chi connectivity index (χ1v) is 6.12. The number of nitrogens with one attached hydrogen (secondary N) is 1. The van der Waals surface area contributed by atoms with Crippen molar-refractivity contribution in [2.45, 2.75) is 6.54 Å². The van der Waals surface area contributed by atoms with Crippen LogP contribution in [0.2, 0.25) is 5.02 Å². The molecule has 0 atom stereocenters. The maximum absolute atomic E-state index is 9.04. The third-order valence-electron chi connectivity index (χ3n) is 2.98. The highest BCUT2D eigenvalue weighted by Crippen LogP contribution is 2.16. The Bertz CT molecular complexity index is 387. The molecule has 4 nitrogen and oxygen atoms in total. The molecule has 1 aromatic rings. The molecule has 0 radical (unpaired) electrons. The number of rotatable bonds is 3. The Labute approximate surface area is 118 Å². The van der Waals surface area contributed by atoms with E-state index in [4.69, 9.17) is 21.6 Å². The molecule has 0 spiro atoms. The van der Waals surface area contributed by atoms with E-state index < -0.39 is 7.12 Å². The zero-order chi connectivity index (χ0) is 12.3. The van der Waals surface area contributed by atoms with Crippen molar-refractivity contribution >= 4 is 36.6 Å². The van der Waals surface area contributed by atoms with Crippen LogP contribution in [0, 0.1) is 0 Å². The molecule has 100 valence electrons. The van der Waals surface area contributed by atoms with E-state index in [1.54, 1.807) is 12.1 Å². The minimum Gasteiger partial charge on any atom is -0.423 e. The van der Waals surface area contributed by atoms with Crippen molar-refractivity contribution in [2.24, 2.45) is 0 Å². The highest BCUT2D eigenvalue weighted by Gasteiger charge is 2.15. The number of hydrogen-bond donors (Lipinski definition) is 3. The first kappa shape index (κ1) is 15.8. The maximum atomic E-state index is 9.04. The quantitative estimate of drug-likeness (QED) is 0.678. The van der Waals surface area contributed by atoms with E-state index >= 15 is 0 Å². The molecule has 0 amide bonds. The average Bonchev–Trinajstić information content (AvgIpc) is 2.33. The first-order valence-electron chi connectivity index (χ1n) is 5.74. The zero-order valence-corrected chi connectivity index (χ0v) is 11.5. The van der Waals surface area contributed by atoms with Crippen molar-refractivity contribution in [1.29, 1.82) is 0 Å². The van der Waals surface area contributed by atoms with Crippen LogP contribution in [0.15, 0.2) is 18.2 Å². The zero-order valence-electron chi connectivity index (χ0n) is 9.97. The van der Waals surface area contributed by atoms with Gasteiger partial charge in [-0.2, -0.15) is 0 Å². The van der Waals surface area contributed by atoms with Crippen LogP contribution in [0.25, 0.3) is 0 Å². The number of nitrogens with zero attached hydrogens (tertiary/aromatic N) is 1. The first-order chi connectivity index (χ1) is 8.16. The summed E-state index contributed by atoms with van der Waals surface area (Å²) in [4.78, 5) is 2.33. The van der Waals surface area contributed by atoms with Gasteiger partial charge in [-0.25, -0.2) is 0 Å². The summed E-state index contributed by atoms with van der Waals surface area (Å²) in [5, 5.41) is 22.0. The van der Waals surface area contributed by atoms with Crippen LogP contribution in [0.1, 0.15) is 5.56 Å². The van der Waals surface area contributed by atoms with Crippen LogP contribution in [0.4, 0.5) is 0 Å². The molecule has 0 aromatic heterocycles. The summed E-state index contributed by atoms with van der Waals surface area (Å²) in [6, 6.07) is 5.18. The van der Waals surface area contributed by atoms with Gasteiger partial charge in [-0.1, -0.05) is 23.7 Å². The van der Waals surface area contributed by atoms with E-state index in [2.05, 4.69) is 10.2 Å². The molecule has 2 rings (SSSR count). The molecule has 0 bridgehead atoms. The van der Waals surface area contributed by atoms with Gasteiger partial charge in [0.05, 0.1) is 0 Å². The summed E-state index contributed by atoms with van der Waals surface area (Å²) in [5.41, 5.74) is 1.46. The highest BCUT2D eigenvalue weighted by molar-refractivity contribution is 6.59. The fourth-order valence-corrected chi connectivity index (χ4v) is 2.21. The number of hydrogen-bond acceptors (Lipinski definition) is 4. The molecule has 1 fully saturated rings. The molecular formula is C11H17BCl2N2O2. The third-order valence-corrected chi connectivity index (χ3v) is 3.33. The minimum atomic E-state index is -1.46. The third kappa shape index (κ3) is 4.12. The smallest absolute Gasteiger partial charge is 0.423 e.